The van der Waals surface area contributed by atoms with Crippen LogP contribution >= 0.6 is 0 Å². The van der Waals surface area contributed by atoms with Gasteiger partial charge in [0.2, 0.25) is 0 Å². The molecule has 1 aromatic rings. The highest BCUT2D eigenvalue weighted by molar-refractivity contribution is 6.00. The van der Waals surface area contributed by atoms with E-state index in [0.717, 1.165) is 26.2 Å². The Balaban J connectivity index is 2.40. The van der Waals surface area contributed by atoms with Crippen molar-refractivity contribution < 1.29 is 81.1 Å². The summed E-state index contributed by atoms with van der Waals surface area (Å²) in [6.45, 7) is -0.397. The van der Waals surface area contributed by atoms with Crippen LogP contribution in [0.25, 0.3) is 0 Å². The normalized spacial score (nSPS) is 16.8. The number of ether oxygens (including phenoxy) is 2. The summed E-state index contributed by atoms with van der Waals surface area (Å²) in [5.41, 5.74) is -3.50. The van der Waals surface area contributed by atoms with E-state index >= 15 is 0 Å². The molecule has 1 aliphatic rings. The molecule has 1 unspecified atom stereocenters. The fraction of sp³-hybridized carbons (Fsp3) is 0.480. The zero-order valence-corrected chi connectivity index (χ0v) is 23.3. The Labute approximate surface area is 253 Å². The highest BCUT2D eigenvalue weighted by atomic mass is 19.4. The van der Waals surface area contributed by atoms with Gasteiger partial charge in [-0.25, -0.2) is 9.59 Å². The minimum Gasteiger partial charge on any atom is -0.466 e. The van der Waals surface area contributed by atoms with Crippen molar-refractivity contribution in [1.82, 2.24) is 5.32 Å². The van der Waals surface area contributed by atoms with E-state index in [1.54, 1.807) is 6.07 Å². The Hall–Kier alpha value is -4.58. The van der Waals surface area contributed by atoms with E-state index in [9.17, 15) is 82.0 Å². The molecule has 0 bridgehead atoms. The van der Waals surface area contributed by atoms with Gasteiger partial charge in [-0.15, -0.1) is 0 Å². The summed E-state index contributed by atoms with van der Waals surface area (Å²) in [5, 5.41) is 23.5. The smallest absolute Gasteiger partial charge is 0.460 e. The van der Waals surface area contributed by atoms with Crippen molar-refractivity contribution in [3.05, 3.63) is 62.5 Å². The second kappa shape index (κ2) is 12.9. The maximum Gasteiger partial charge on any atom is 0.460 e. The van der Waals surface area contributed by atoms with E-state index in [4.69, 9.17) is 0 Å². The van der Waals surface area contributed by atoms with Crippen molar-refractivity contribution >= 4 is 17.6 Å². The highest BCUT2D eigenvalue weighted by Crippen LogP contribution is 2.60. The Morgan fingerprint density at radius 3 is 1.91 bits per heavy atom. The molecule has 1 aliphatic heterocycles. The van der Waals surface area contributed by atoms with Crippen molar-refractivity contribution in [3.8, 4) is 6.07 Å². The number of para-hydroxylation sites is 1. The maximum absolute atomic E-state index is 14.1. The molecule has 0 saturated carbocycles. The first-order valence-electron chi connectivity index (χ1n) is 12.3. The minimum atomic E-state index is -8.07. The van der Waals surface area contributed by atoms with Gasteiger partial charge in [0.1, 0.15) is 11.8 Å². The average Bonchev–Trinajstić information content (AvgIpc) is 2.97. The van der Waals surface area contributed by atoms with Crippen LogP contribution in [-0.2, 0) is 19.1 Å². The highest BCUT2D eigenvalue weighted by Gasteiger charge is 2.90. The zero-order chi connectivity index (χ0) is 36.6. The molecule has 0 aromatic heterocycles. The van der Waals surface area contributed by atoms with Crippen LogP contribution in [0.3, 0.4) is 0 Å². The molecule has 1 atom stereocenters. The number of carbonyl (C=O) groups is 2. The Morgan fingerprint density at radius 2 is 1.43 bits per heavy atom. The lowest BCUT2D eigenvalue weighted by Gasteiger charge is -2.39. The van der Waals surface area contributed by atoms with Gasteiger partial charge in [-0.2, -0.15) is 62.3 Å². The molecule has 0 spiro atoms. The van der Waals surface area contributed by atoms with Gasteiger partial charge < -0.3 is 14.8 Å². The predicted octanol–water partition coefficient (Wildman–Crippen LogP) is 6.57. The summed E-state index contributed by atoms with van der Waals surface area (Å²) in [5.74, 6) is -42.7. The van der Waals surface area contributed by atoms with E-state index in [-0.39, 0.29) is 5.70 Å². The first kappa shape index (κ1) is 38.6. The number of nitrogens with zero attached hydrogens (tertiary/aromatic N) is 2. The molecule has 260 valence electrons. The number of esters is 2. The Morgan fingerprint density at radius 1 is 0.894 bits per heavy atom. The first-order valence-corrected chi connectivity index (χ1v) is 12.3. The number of hydrogen-bond donors (Lipinski definition) is 1. The number of dihydropyridines is 1. The second-order valence-corrected chi connectivity index (χ2v) is 9.54. The molecule has 1 N–H and O–H groups in total. The first-order chi connectivity index (χ1) is 21.3. The summed E-state index contributed by atoms with van der Waals surface area (Å²) in [6.07, 6.45) is -11.8. The molecular weight excluding hydrogens is 685 g/mol. The van der Waals surface area contributed by atoms with Gasteiger partial charge in [-0.1, -0.05) is 18.2 Å². The lowest BCUT2D eigenvalue weighted by atomic mass is 9.79. The number of benzene rings is 1. The fourth-order valence-electron chi connectivity index (χ4n) is 4.22. The quantitative estimate of drug-likeness (QED) is 0.0851. The number of rotatable bonds is 12. The van der Waals surface area contributed by atoms with E-state index in [1.165, 1.54) is 12.1 Å². The summed E-state index contributed by atoms with van der Waals surface area (Å²) in [4.78, 5) is 36.4. The van der Waals surface area contributed by atoms with Gasteiger partial charge in [-0.3, -0.25) is 10.1 Å². The van der Waals surface area contributed by atoms with E-state index in [1.807, 2.05) is 0 Å². The lowest BCUT2D eigenvalue weighted by molar-refractivity contribution is -0.440. The molecular formula is C25H18F13N3O6. The molecule has 9 nitrogen and oxygen atoms in total. The van der Waals surface area contributed by atoms with Gasteiger partial charge in [0.15, 0.2) is 0 Å². The average molecular weight is 703 g/mol. The van der Waals surface area contributed by atoms with Crippen LogP contribution in [0.4, 0.5) is 62.8 Å². The third-order valence-corrected chi connectivity index (χ3v) is 6.61. The van der Waals surface area contributed by atoms with Gasteiger partial charge in [0.25, 0.3) is 5.69 Å². The van der Waals surface area contributed by atoms with Gasteiger partial charge in [0, 0.05) is 23.7 Å². The van der Waals surface area contributed by atoms with Crippen molar-refractivity contribution in [1.29, 1.82) is 5.26 Å². The third kappa shape index (κ3) is 6.51. The number of methoxy groups -OCH3 is 1. The standard InChI is InChI=1S/C25H18F13N3O6/c1-11-15(16(12-6-3-4-7-14(12)41(44)45)17(18(42)46-2)13(10-39)40-11)19(43)47-9-5-8-20(26,27)21(28,29)22(30,31)23(32,33)24(34,35)25(36,37)38/h3-4,6-7,16,40H,5,8-9H2,1-2H3. The number of alkyl halides is 13. The fourth-order valence-corrected chi connectivity index (χ4v) is 4.22. The summed E-state index contributed by atoms with van der Waals surface area (Å²) >= 11 is 0. The van der Waals surface area contributed by atoms with Crippen LogP contribution in [-0.4, -0.2) is 66.4 Å². The van der Waals surface area contributed by atoms with E-state index in [2.05, 4.69) is 14.8 Å². The van der Waals surface area contributed by atoms with Crippen LogP contribution in [0.2, 0.25) is 0 Å². The molecule has 0 aliphatic carbocycles. The van der Waals surface area contributed by atoms with Crippen LogP contribution in [0.5, 0.6) is 0 Å². The molecule has 2 rings (SSSR count). The number of allylic oxidation sites excluding steroid dienone is 2. The molecule has 1 aromatic carbocycles. The monoisotopic (exact) mass is 703 g/mol. The van der Waals surface area contributed by atoms with Crippen molar-refractivity contribution in [2.45, 2.75) is 61.5 Å². The van der Waals surface area contributed by atoms with Gasteiger partial charge in [0.05, 0.1) is 35.7 Å². The Kier molecular flexibility index (Phi) is 10.6. The van der Waals surface area contributed by atoms with E-state index < -0.39 is 106 Å². The minimum absolute atomic E-state index is 0.341. The molecule has 1 heterocycles. The number of nitro groups is 1. The van der Waals surface area contributed by atoms with Crippen molar-refractivity contribution in [2.24, 2.45) is 0 Å². The molecule has 0 fully saturated rings. The molecule has 47 heavy (non-hydrogen) atoms. The van der Waals surface area contributed by atoms with Crippen LogP contribution in [0, 0.1) is 21.4 Å². The number of halogens is 13. The number of carbonyl (C=O) groups excluding carboxylic acids is 2. The predicted molar refractivity (Wildman–Crippen MR) is 127 cm³/mol. The van der Waals surface area contributed by atoms with Crippen molar-refractivity contribution in [3.63, 3.8) is 0 Å². The molecule has 0 saturated heterocycles. The van der Waals surface area contributed by atoms with Crippen LogP contribution in [0.15, 0.2) is 46.8 Å². The number of hydrogen-bond acceptors (Lipinski definition) is 8. The second-order valence-electron chi connectivity index (χ2n) is 9.54. The largest absolute Gasteiger partial charge is 0.466 e. The van der Waals surface area contributed by atoms with Gasteiger partial charge >= 0.3 is 47.7 Å². The molecule has 0 amide bonds. The van der Waals surface area contributed by atoms with Crippen LogP contribution < -0.4 is 5.32 Å². The third-order valence-electron chi connectivity index (χ3n) is 6.61. The summed E-state index contributed by atoms with van der Waals surface area (Å²) in [7, 11) is 0.823. The zero-order valence-electron chi connectivity index (χ0n) is 23.3. The SMILES string of the molecule is COC(=O)C1=C(C#N)NC(C)=C(C(=O)OCCCC(F)(F)C(F)(F)C(F)(F)C(F)(F)C(F)(F)C(F)(F)F)C1c1ccccc1[N+](=O)[O-]. The summed E-state index contributed by atoms with van der Waals surface area (Å²) < 4.78 is 183. The lowest BCUT2D eigenvalue weighted by Crippen LogP contribution is -2.70. The Bertz CT molecular complexity index is 1530. The molecule has 0 radical (unpaired) electrons. The van der Waals surface area contributed by atoms with Crippen LogP contribution in [0.1, 0.15) is 31.2 Å². The topological polar surface area (TPSA) is 132 Å². The molecule has 22 heteroatoms. The number of nitriles is 1. The summed E-state index contributed by atoms with van der Waals surface area (Å²) in [6, 6.07) is 5.89. The maximum atomic E-state index is 14.1. The number of nitrogens with one attached hydrogen (secondary N) is 1. The number of nitro benzene ring substituents is 1. The van der Waals surface area contributed by atoms with Crippen molar-refractivity contribution in [2.75, 3.05) is 13.7 Å². The van der Waals surface area contributed by atoms with Gasteiger partial charge in [-0.05, 0) is 13.3 Å². The van der Waals surface area contributed by atoms with E-state index in [0.29, 0.717) is 0 Å².